The smallest absolute Gasteiger partial charge is 0.294 e. The molecule has 142 valence electrons. The number of benzene rings is 1. The number of carbonyl (C=O) groups is 2. The molecule has 0 bridgehead atoms. The van der Waals surface area contributed by atoms with Gasteiger partial charge in [-0.3, -0.25) is 14.5 Å². The number of aryl methyl sites for hydroxylation is 1. The molecule has 0 saturated heterocycles. The largest absolute Gasteiger partial charge is 0.503 e. The van der Waals surface area contributed by atoms with Gasteiger partial charge in [-0.05, 0) is 42.6 Å². The summed E-state index contributed by atoms with van der Waals surface area (Å²) in [6.07, 6.45) is 0. The lowest BCUT2D eigenvalue weighted by Gasteiger charge is -2.26. The van der Waals surface area contributed by atoms with Gasteiger partial charge in [-0.1, -0.05) is 18.2 Å². The van der Waals surface area contributed by atoms with E-state index in [-0.39, 0.29) is 5.57 Å². The molecule has 0 spiro atoms. The third-order valence-corrected chi connectivity index (χ3v) is 5.44. The monoisotopic (exact) mass is 395 g/mol. The van der Waals surface area contributed by atoms with Crippen LogP contribution in [0.4, 0.5) is 5.69 Å². The van der Waals surface area contributed by atoms with Crippen LogP contribution >= 0.6 is 11.3 Å². The Balaban J connectivity index is 1.90. The molecule has 2 aromatic heterocycles. The Labute approximate surface area is 165 Å². The molecule has 28 heavy (non-hydrogen) atoms. The van der Waals surface area contributed by atoms with Crippen LogP contribution in [-0.4, -0.2) is 23.9 Å². The maximum atomic E-state index is 13.1. The van der Waals surface area contributed by atoms with E-state index in [2.05, 4.69) is 0 Å². The highest BCUT2D eigenvalue weighted by Gasteiger charge is 2.47. The molecule has 0 aliphatic carbocycles. The third kappa shape index (κ3) is 2.80. The van der Waals surface area contributed by atoms with Crippen LogP contribution in [0, 0.1) is 6.92 Å². The van der Waals surface area contributed by atoms with Crippen molar-refractivity contribution in [3.05, 3.63) is 81.6 Å². The molecule has 0 radical (unpaired) electrons. The molecule has 1 unspecified atom stereocenters. The quantitative estimate of drug-likeness (QED) is 0.646. The van der Waals surface area contributed by atoms with Gasteiger partial charge in [-0.15, -0.1) is 11.3 Å². The van der Waals surface area contributed by atoms with E-state index in [1.54, 1.807) is 60.8 Å². The lowest BCUT2D eigenvalue weighted by molar-refractivity contribution is -0.117. The Bertz CT molecular complexity index is 1080. The number of anilines is 1. The zero-order valence-corrected chi connectivity index (χ0v) is 16.0. The summed E-state index contributed by atoms with van der Waals surface area (Å²) >= 11 is 1.25. The number of ether oxygens (including phenoxy) is 1. The van der Waals surface area contributed by atoms with Crippen LogP contribution in [0.1, 0.15) is 27.2 Å². The highest BCUT2D eigenvalue weighted by atomic mass is 32.1. The molecule has 1 aliphatic rings. The number of para-hydroxylation sites is 2. The molecule has 6 nitrogen and oxygen atoms in total. The Morgan fingerprint density at radius 3 is 2.61 bits per heavy atom. The predicted molar refractivity (Wildman–Crippen MR) is 105 cm³/mol. The fourth-order valence-corrected chi connectivity index (χ4v) is 4.00. The number of nitrogens with zero attached hydrogens (tertiary/aromatic N) is 1. The lowest BCUT2D eigenvalue weighted by atomic mass is 10.00. The summed E-state index contributed by atoms with van der Waals surface area (Å²) < 4.78 is 11.1. The molecule has 4 rings (SSSR count). The van der Waals surface area contributed by atoms with Crippen LogP contribution < -0.4 is 9.64 Å². The first kappa shape index (κ1) is 18.1. The number of methoxy groups -OCH3 is 1. The molecule has 1 amide bonds. The molecular weight excluding hydrogens is 378 g/mol. The Hall–Kier alpha value is -3.32. The summed E-state index contributed by atoms with van der Waals surface area (Å²) in [6.45, 7) is 1.78. The fraction of sp³-hybridized carbons (Fsp3) is 0.143. The van der Waals surface area contributed by atoms with Crippen LogP contribution in [0.3, 0.4) is 0 Å². The normalized spacial score (nSPS) is 16.7. The molecule has 1 atom stereocenters. The fourth-order valence-electron chi connectivity index (χ4n) is 3.32. The molecule has 3 heterocycles. The lowest BCUT2D eigenvalue weighted by Crippen LogP contribution is -2.31. The van der Waals surface area contributed by atoms with Gasteiger partial charge in [0.05, 0.1) is 23.2 Å². The summed E-state index contributed by atoms with van der Waals surface area (Å²) in [5, 5.41) is 12.4. The third-order valence-electron chi connectivity index (χ3n) is 4.57. The first-order chi connectivity index (χ1) is 13.5. The van der Waals surface area contributed by atoms with Crippen molar-refractivity contribution >= 4 is 28.7 Å². The Kier molecular flexibility index (Phi) is 4.52. The van der Waals surface area contributed by atoms with Crippen molar-refractivity contribution in [1.82, 2.24) is 0 Å². The van der Waals surface area contributed by atoms with Gasteiger partial charge in [0, 0.05) is 0 Å². The zero-order chi connectivity index (χ0) is 19.8. The van der Waals surface area contributed by atoms with Crippen LogP contribution in [0.15, 0.2) is 69.7 Å². The van der Waals surface area contributed by atoms with Crippen molar-refractivity contribution < 1.29 is 23.8 Å². The van der Waals surface area contributed by atoms with E-state index < -0.39 is 23.5 Å². The molecule has 7 heteroatoms. The molecule has 1 aliphatic heterocycles. The average Bonchev–Trinajstić information content (AvgIpc) is 3.43. The van der Waals surface area contributed by atoms with Gasteiger partial charge in [0.15, 0.2) is 5.76 Å². The topological polar surface area (TPSA) is 80.0 Å². The van der Waals surface area contributed by atoms with Gasteiger partial charge in [0.2, 0.25) is 5.78 Å². The number of amides is 1. The van der Waals surface area contributed by atoms with Crippen LogP contribution in [-0.2, 0) is 4.79 Å². The van der Waals surface area contributed by atoms with Gasteiger partial charge in [0.25, 0.3) is 5.91 Å². The van der Waals surface area contributed by atoms with Crippen molar-refractivity contribution in [2.45, 2.75) is 13.0 Å². The van der Waals surface area contributed by atoms with Gasteiger partial charge in [-0.25, -0.2) is 0 Å². The van der Waals surface area contributed by atoms with Crippen molar-refractivity contribution in [3.63, 3.8) is 0 Å². The Morgan fingerprint density at radius 1 is 1.18 bits per heavy atom. The second kappa shape index (κ2) is 7.01. The summed E-state index contributed by atoms with van der Waals surface area (Å²) in [4.78, 5) is 27.9. The van der Waals surface area contributed by atoms with Gasteiger partial charge >= 0.3 is 0 Å². The zero-order valence-electron chi connectivity index (χ0n) is 15.2. The van der Waals surface area contributed by atoms with Crippen molar-refractivity contribution in [1.29, 1.82) is 0 Å². The minimum Gasteiger partial charge on any atom is -0.503 e. The van der Waals surface area contributed by atoms with Crippen molar-refractivity contribution in [2.24, 2.45) is 0 Å². The number of aliphatic hydroxyl groups excluding tert-OH is 1. The number of furan rings is 1. The van der Waals surface area contributed by atoms with E-state index >= 15 is 0 Å². The number of aliphatic hydroxyl groups is 1. The average molecular weight is 395 g/mol. The molecule has 0 fully saturated rings. The number of rotatable bonds is 5. The van der Waals surface area contributed by atoms with Crippen LogP contribution in [0.5, 0.6) is 5.75 Å². The maximum Gasteiger partial charge on any atom is 0.294 e. The predicted octanol–water partition coefficient (Wildman–Crippen LogP) is 4.44. The number of ketones is 1. The number of hydrogen-bond acceptors (Lipinski definition) is 6. The minimum absolute atomic E-state index is 0.00675. The molecule has 0 saturated carbocycles. The summed E-state index contributed by atoms with van der Waals surface area (Å²) in [5.74, 6) is -0.191. The number of carbonyl (C=O) groups excluding carboxylic acids is 2. The van der Waals surface area contributed by atoms with E-state index in [4.69, 9.17) is 9.15 Å². The van der Waals surface area contributed by atoms with Gasteiger partial charge < -0.3 is 14.3 Å². The summed E-state index contributed by atoms with van der Waals surface area (Å²) in [5.41, 5.74) is 0.433. The highest BCUT2D eigenvalue weighted by Crippen LogP contribution is 2.45. The number of hydrogen-bond donors (Lipinski definition) is 1. The SMILES string of the molecule is COc1ccccc1N1C(=O)C(O)=C(C(=O)c2cccs2)C1c1ccc(C)o1. The molecule has 1 N–H and O–H groups in total. The highest BCUT2D eigenvalue weighted by molar-refractivity contribution is 7.12. The van der Waals surface area contributed by atoms with Crippen molar-refractivity contribution in [2.75, 3.05) is 12.0 Å². The summed E-state index contributed by atoms with van der Waals surface area (Å²) in [7, 11) is 1.50. The van der Waals surface area contributed by atoms with E-state index in [0.29, 0.717) is 27.8 Å². The second-order valence-electron chi connectivity index (χ2n) is 6.27. The Morgan fingerprint density at radius 2 is 1.96 bits per heavy atom. The minimum atomic E-state index is -0.896. The number of Topliss-reactive ketones (excluding diaryl/α,β-unsaturated/α-hetero) is 1. The van der Waals surface area contributed by atoms with Gasteiger partial charge in [-0.2, -0.15) is 0 Å². The molecule has 3 aromatic rings. The molecular formula is C21H17NO5S. The standard InChI is InChI=1S/C21H17NO5S/c1-12-9-10-15(27-12)18-17(19(23)16-8-5-11-28-16)20(24)21(25)22(18)13-6-3-4-7-14(13)26-2/h3-11,18,24H,1-2H3. The van der Waals surface area contributed by atoms with E-state index in [1.165, 1.54) is 23.3 Å². The molecule has 1 aromatic carbocycles. The van der Waals surface area contributed by atoms with Crippen LogP contribution in [0.2, 0.25) is 0 Å². The summed E-state index contributed by atoms with van der Waals surface area (Å²) in [6, 6.07) is 12.9. The van der Waals surface area contributed by atoms with E-state index in [0.717, 1.165) is 0 Å². The second-order valence-corrected chi connectivity index (χ2v) is 7.21. The van der Waals surface area contributed by atoms with E-state index in [9.17, 15) is 14.7 Å². The van der Waals surface area contributed by atoms with Crippen molar-refractivity contribution in [3.8, 4) is 5.75 Å². The first-order valence-corrected chi connectivity index (χ1v) is 9.45. The number of thiophene rings is 1. The van der Waals surface area contributed by atoms with Gasteiger partial charge in [0.1, 0.15) is 23.3 Å². The maximum absolute atomic E-state index is 13.1. The van der Waals surface area contributed by atoms with E-state index in [1.807, 2.05) is 0 Å². The first-order valence-electron chi connectivity index (χ1n) is 8.57. The van der Waals surface area contributed by atoms with Crippen LogP contribution in [0.25, 0.3) is 0 Å².